The maximum Gasteiger partial charge on any atom is 0.0464 e. The quantitative estimate of drug-likeness (QED) is 0.699. The molecule has 13 heavy (non-hydrogen) atoms. The summed E-state index contributed by atoms with van der Waals surface area (Å²) in [7, 11) is 0. The van der Waals surface area contributed by atoms with Gasteiger partial charge >= 0.3 is 0 Å². The van der Waals surface area contributed by atoms with Crippen LogP contribution >= 0.6 is 0 Å². The summed E-state index contributed by atoms with van der Waals surface area (Å²) in [4.78, 5) is 4.74. The molecule has 1 aromatic rings. The van der Waals surface area contributed by atoms with Gasteiger partial charge < -0.3 is 5.32 Å². The van der Waals surface area contributed by atoms with Gasteiger partial charge in [0.25, 0.3) is 0 Å². The number of rotatable bonds is 1. The van der Waals surface area contributed by atoms with Crippen LogP contribution in [0.4, 0.5) is 0 Å². The van der Waals surface area contributed by atoms with Crippen LogP contribution in [0.1, 0.15) is 35.7 Å². The average molecular weight is 174 g/mol. The molecule has 0 atom stereocenters. The summed E-state index contributed by atoms with van der Waals surface area (Å²) < 4.78 is 0. The third-order valence-corrected chi connectivity index (χ3v) is 2.94. The second-order valence-corrected chi connectivity index (χ2v) is 4.04. The molecule has 3 rings (SSSR count). The van der Waals surface area contributed by atoms with Crippen molar-refractivity contribution in [1.82, 2.24) is 10.3 Å². The van der Waals surface area contributed by atoms with Gasteiger partial charge in [0.1, 0.15) is 0 Å². The number of nitrogens with one attached hydrogen (secondary N) is 1. The summed E-state index contributed by atoms with van der Waals surface area (Å²) in [5.74, 6) is 0.792. The molecule has 0 spiro atoms. The van der Waals surface area contributed by atoms with E-state index in [0.717, 1.165) is 25.4 Å². The highest BCUT2D eigenvalue weighted by molar-refractivity contribution is 5.28. The fourth-order valence-electron chi connectivity index (χ4n) is 1.96. The maximum atomic E-state index is 4.74. The molecule has 0 unspecified atom stereocenters. The highest BCUT2D eigenvalue weighted by Crippen LogP contribution is 2.39. The molecule has 1 aromatic heterocycles. The first-order valence-electron chi connectivity index (χ1n) is 5.13. The van der Waals surface area contributed by atoms with Gasteiger partial charge in [-0.1, -0.05) is 6.07 Å². The predicted molar refractivity (Wildman–Crippen MR) is 51.6 cm³/mol. The van der Waals surface area contributed by atoms with Crippen molar-refractivity contribution in [3.63, 3.8) is 0 Å². The fourth-order valence-corrected chi connectivity index (χ4v) is 1.96. The molecule has 0 aromatic carbocycles. The van der Waals surface area contributed by atoms with Crippen LogP contribution in [0, 0.1) is 0 Å². The Morgan fingerprint density at radius 2 is 2.23 bits per heavy atom. The Hall–Kier alpha value is -0.890. The third-order valence-electron chi connectivity index (χ3n) is 2.94. The van der Waals surface area contributed by atoms with Gasteiger partial charge in [-0.3, -0.25) is 4.98 Å². The first kappa shape index (κ1) is 7.51. The SMILES string of the molecule is c1cc2c(nc1C1CC1)CCNC2. The monoisotopic (exact) mass is 174 g/mol. The van der Waals surface area contributed by atoms with Gasteiger partial charge in [-0.15, -0.1) is 0 Å². The molecule has 0 radical (unpaired) electrons. The second-order valence-electron chi connectivity index (χ2n) is 4.04. The van der Waals surface area contributed by atoms with E-state index in [4.69, 9.17) is 4.98 Å². The predicted octanol–water partition coefficient (Wildman–Crippen LogP) is 1.60. The van der Waals surface area contributed by atoms with Gasteiger partial charge in [0, 0.05) is 36.8 Å². The van der Waals surface area contributed by atoms with Crippen LogP contribution in [0.2, 0.25) is 0 Å². The van der Waals surface area contributed by atoms with Gasteiger partial charge in [-0.2, -0.15) is 0 Å². The molecule has 2 heteroatoms. The smallest absolute Gasteiger partial charge is 0.0464 e. The minimum Gasteiger partial charge on any atom is -0.312 e. The van der Waals surface area contributed by atoms with E-state index in [0.29, 0.717) is 0 Å². The van der Waals surface area contributed by atoms with Gasteiger partial charge in [0.15, 0.2) is 0 Å². The highest BCUT2D eigenvalue weighted by Gasteiger charge is 2.25. The van der Waals surface area contributed by atoms with E-state index in [1.165, 1.54) is 29.8 Å². The van der Waals surface area contributed by atoms with Gasteiger partial charge in [-0.05, 0) is 24.5 Å². The lowest BCUT2D eigenvalue weighted by molar-refractivity contribution is 0.627. The van der Waals surface area contributed by atoms with Crippen molar-refractivity contribution in [3.05, 3.63) is 29.1 Å². The molecule has 1 aliphatic carbocycles. The van der Waals surface area contributed by atoms with Gasteiger partial charge in [0.2, 0.25) is 0 Å². The van der Waals surface area contributed by atoms with Crippen molar-refractivity contribution >= 4 is 0 Å². The van der Waals surface area contributed by atoms with Crippen molar-refractivity contribution in [2.45, 2.75) is 31.7 Å². The number of fused-ring (bicyclic) bond motifs is 1. The summed E-state index contributed by atoms with van der Waals surface area (Å²) in [6.45, 7) is 2.10. The van der Waals surface area contributed by atoms with Crippen molar-refractivity contribution in [1.29, 1.82) is 0 Å². The molecule has 2 heterocycles. The van der Waals surface area contributed by atoms with Gasteiger partial charge in [-0.25, -0.2) is 0 Å². The largest absolute Gasteiger partial charge is 0.312 e. The van der Waals surface area contributed by atoms with Crippen LogP contribution in [0.5, 0.6) is 0 Å². The molecule has 1 fully saturated rings. The van der Waals surface area contributed by atoms with Crippen LogP contribution in [0.15, 0.2) is 12.1 Å². The molecular weight excluding hydrogens is 160 g/mol. The Kier molecular flexibility index (Phi) is 1.62. The fraction of sp³-hybridized carbons (Fsp3) is 0.545. The topological polar surface area (TPSA) is 24.9 Å². The molecule has 2 nitrogen and oxygen atoms in total. The van der Waals surface area contributed by atoms with Gasteiger partial charge in [0.05, 0.1) is 0 Å². The van der Waals surface area contributed by atoms with Crippen molar-refractivity contribution < 1.29 is 0 Å². The summed E-state index contributed by atoms with van der Waals surface area (Å²) in [5.41, 5.74) is 4.07. The minimum absolute atomic E-state index is 0.792. The van der Waals surface area contributed by atoms with Crippen LogP contribution < -0.4 is 5.32 Å². The molecule has 0 saturated heterocycles. The van der Waals surface area contributed by atoms with Crippen LogP contribution in [0.3, 0.4) is 0 Å². The lowest BCUT2D eigenvalue weighted by Gasteiger charge is -2.16. The maximum absolute atomic E-state index is 4.74. The lowest BCUT2D eigenvalue weighted by Crippen LogP contribution is -2.24. The molecular formula is C11H14N2. The normalized spacial score (nSPS) is 21.2. The number of pyridine rings is 1. The zero-order valence-corrected chi connectivity index (χ0v) is 7.71. The van der Waals surface area contributed by atoms with E-state index in [2.05, 4.69) is 17.4 Å². The Bertz CT molecular complexity index is 329. The number of nitrogens with zero attached hydrogens (tertiary/aromatic N) is 1. The third kappa shape index (κ3) is 1.35. The number of hydrogen-bond acceptors (Lipinski definition) is 2. The second kappa shape index (κ2) is 2.81. The summed E-state index contributed by atoms with van der Waals surface area (Å²) in [5, 5.41) is 3.37. The Labute approximate surface area is 78.4 Å². The molecule has 1 saturated carbocycles. The molecule has 0 bridgehead atoms. The van der Waals surface area contributed by atoms with Crippen molar-refractivity contribution in [2.75, 3.05) is 6.54 Å². The lowest BCUT2D eigenvalue weighted by atomic mass is 10.1. The van der Waals surface area contributed by atoms with Crippen LogP contribution in [-0.4, -0.2) is 11.5 Å². The van der Waals surface area contributed by atoms with E-state index < -0.39 is 0 Å². The first-order valence-corrected chi connectivity index (χ1v) is 5.13. The van der Waals surface area contributed by atoms with E-state index in [-0.39, 0.29) is 0 Å². The van der Waals surface area contributed by atoms with E-state index in [9.17, 15) is 0 Å². The molecule has 68 valence electrons. The zero-order valence-electron chi connectivity index (χ0n) is 7.71. The first-order chi connectivity index (χ1) is 6.43. The van der Waals surface area contributed by atoms with Crippen LogP contribution in [-0.2, 0) is 13.0 Å². The Morgan fingerprint density at radius 3 is 3.08 bits per heavy atom. The van der Waals surface area contributed by atoms with E-state index in [1.54, 1.807) is 0 Å². The molecule has 0 amide bonds. The van der Waals surface area contributed by atoms with Crippen LogP contribution in [0.25, 0.3) is 0 Å². The zero-order chi connectivity index (χ0) is 8.67. The molecule has 1 N–H and O–H groups in total. The summed E-state index contributed by atoms with van der Waals surface area (Å²) in [6.07, 6.45) is 3.81. The van der Waals surface area contributed by atoms with Crippen molar-refractivity contribution in [2.24, 2.45) is 0 Å². The Morgan fingerprint density at radius 1 is 1.31 bits per heavy atom. The van der Waals surface area contributed by atoms with E-state index in [1.807, 2.05) is 0 Å². The average Bonchev–Trinajstić information content (AvgIpc) is 3.00. The Balaban J connectivity index is 1.98. The van der Waals surface area contributed by atoms with Crippen molar-refractivity contribution in [3.8, 4) is 0 Å². The highest BCUT2D eigenvalue weighted by atomic mass is 14.9. The molecule has 1 aliphatic heterocycles. The standard InChI is InChI=1S/C11H14N2/c1-2-8(1)10-4-3-9-7-12-6-5-11(9)13-10/h3-4,8,12H,1-2,5-7H2. The summed E-state index contributed by atoms with van der Waals surface area (Å²) in [6, 6.07) is 4.46. The summed E-state index contributed by atoms with van der Waals surface area (Å²) >= 11 is 0. The van der Waals surface area contributed by atoms with E-state index >= 15 is 0 Å². The number of aromatic nitrogens is 1. The molecule has 2 aliphatic rings. The number of hydrogen-bond donors (Lipinski definition) is 1. The minimum atomic E-state index is 0.792.